The number of allylic oxidation sites excluding steroid dienone is 1. The van der Waals surface area contributed by atoms with E-state index >= 15 is 0 Å². The van der Waals surface area contributed by atoms with Crippen LogP contribution in [0.3, 0.4) is 0 Å². The van der Waals surface area contributed by atoms with Gasteiger partial charge in [-0.05, 0) is 94.2 Å². The van der Waals surface area contributed by atoms with Crippen molar-refractivity contribution in [2.24, 2.45) is 5.16 Å². The standard InChI is InChI=1S/C33H38N2O3S/c1-7-10-15-30(34-38-32(37)33(5,6)35(8-2)9-3)25-16-20-27(21-17-25)39-28-22-18-26(19-23-28)31(36)29-14-12-11-13-24(29)4/h7,11-14,16-23H,1,8-10,15H2,2-6H3. The molecule has 0 amide bonds. The summed E-state index contributed by atoms with van der Waals surface area (Å²) in [6, 6.07) is 23.4. The first-order chi connectivity index (χ1) is 18.7. The van der Waals surface area contributed by atoms with Crippen LogP contribution in [-0.2, 0) is 9.63 Å². The van der Waals surface area contributed by atoms with E-state index in [9.17, 15) is 9.59 Å². The van der Waals surface area contributed by atoms with Gasteiger partial charge in [-0.1, -0.05) is 73.2 Å². The first-order valence-electron chi connectivity index (χ1n) is 13.3. The normalized spacial score (nSPS) is 11.9. The molecule has 3 aromatic rings. The molecule has 0 atom stereocenters. The Morgan fingerprint density at radius 2 is 1.49 bits per heavy atom. The molecule has 0 radical (unpaired) electrons. The summed E-state index contributed by atoms with van der Waals surface area (Å²) < 4.78 is 0. The Kier molecular flexibility index (Phi) is 10.8. The van der Waals surface area contributed by atoms with Crippen LogP contribution >= 0.6 is 11.8 Å². The summed E-state index contributed by atoms with van der Waals surface area (Å²) in [5.74, 6) is -0.347. The number of rotatable bonds is 13. The van der Waals surface area contributed by atoms with Crippen LogP contribution in [0.4, 0.5) is 0 Å². The number of oxime groups is 1. The topological polar surface area (TPSA) is 59.0 Å². The maximum absolute atomic E-state index is 12.9. The minimum absolute atomic E-state index is 0.0292. The van der Waals surface area contributed by atoms with Gasteiger partial charge >= 0.3 is 5.97 Å². The number of aryl methyl sites for hydroxylation is 1. The van der Waals surface area contributed by atoms with Crippen molar-refractivity contribution in [2.75, 3.05) is 13.1 Å². The molecule has 0 bridgehead atoms. The number of benzene rings is 3. The number of ketones is 1. The van der Waals surface area contributed by atoms with Crippen LogP contribution in [0.5, 0.6) is 0 Å². The zero-order chi connectivity index (χ0) is 28.4. The molecule has 6 heteroatoms. The summed E-state index contributed by atoms with van der Waals surface area (Å²) in [7, 11) is 0. The molecule has 3 rings (SSSR count). The van der Waals surface area contributed by atoms with E-state index in [-0.39, 0.29) is 11.8 Å². The molecule has 204 valence electrons. The van der Waals surface area contributed by atoms with Gasteiger partial charge in [0.1, 0.15) is 5.54 Å². The monoisotopic (exact) mass is 542 g/mol. The average Bonchev–Trinajstić information content (AvgIpc) is 2.94. The second-order valence-corrected chi connectivity index (χ2v) is 10.9. The maximum Gasteiger partial charge on any atom is 0.354 e. The Bertz CT molecular complexity index is 1310. The van der Waals surface area contributed by atoms with Crippen molar-refractivity contribution in [3.05, 3.63) is 108 Å². The van der Waals surface area contributed by atoms with Gasteiger partial charge in [0.25, 0.3) is 0 Å². The van der Waals surface area contributed by atoms with E-state index in [0.29, 0.717) is 17.7 Å². The van der Waals surface area contributed by atoms with Gasteiger partial charge in [0.2, 0.25) is 0 Å². The van der Waals surface area contributed by atoms with Gasteiger partial charge in [-0.3, -0.25) is 9.69 Å². The van der Waals surface area contributed by atoms with Crippen molar-refractivity contribution in [3.8, 4) is 0 Å². The number of likely N-dealkylation sites (N-methyl/N-ethyl adjacent to an activating group) is 1. The fourth-order valence-corrected chi connectivity index (χ4v) is 5.16. The Labute approximate surface area is 236 Å². The van der Waals surface area contributed by atoms with E-state index in [1.54, 1.807) is 11.8 Å². The van der Waals surface area contributed by atoms with E-state index in [2.05, 4.69) is 11.7 Å². The average molecular weight is 543 g/mol. The number of hydrogen-bond acceptors (Lipinski definition) is 6. The Morgan fingerprint density at radius 1 is 0.923 bits per heavy atom. The van der Waals surface area contributed by atoms with Crippen LogP contribution in [0.15, 0.2) is 100 Å². The molecule has 0 spiro atoms. The van der Waals surface area contributed by atoms with Crippen LogP contribution < -0.4 is 0 Å². The van der Waals surface area contributed by atoms with E-state index in [1.165, 1.54) is 0 Å². The van der Waals surface area contributed by atoms with E-state index in [4.69, 9.17) is 4.84 Å². The summed E-state index contributed by atoms with van der Waals surface area (Å²) in [5.41, 5.74) is 3.20. The summed E-state index contributed by atoms with van der Waals surface area (Å²) in [6.45, 7) is 15.0. The molecule has 0 aromatic heterocycles. The minimum Gasteiger partial charge on any atom is -0.316 e. The smallest absolute Gasteiger partial charge is 0.316 e. The van der Waals surface area contributed by atoms with Crippen molar-refractivity contribution in [1.29, 1.82) is 0 Å². The molecule has 0 saturated heterocycles. The maximum atomic E-state index is 12.9. The van der Waals surface area contributed by atoms with Gasteiger partial charge in [0, 0.05) is 20.9 Å². The van der Waals surface area contributed by atoms with E-state index < -0.39 is 5.54 Å². The lowest BCUT2D eigenvalue weighted by Crippen LogP contribution is -2.50. The van der Waals surface area contributed by atoms with Gasteiger partial charge in [-0.2, -0.15) is 0 Å². The Morgan fingerprint density at radius 3 is 2.03 bits per heavy atom. The number of hydrogen-bond donors (Lipinski definition) is 0. The van der Waals surface area contributed by atoms with Crippen LogP contribution in [-0.4, -0.2) is 41.0 Å². The zero-order valence-corrected chi connectivity index (χ0v) is 24.4. The van der Waals surface area contributed by atoms with Gasteiger partial charge in [-0.25, -0.2) is 4.79 Å². The number of carbonyl (C=O) groups excluding carboxylic acids is 2. The molecule has 0 aliphatic rings. The lowest BCUT2D eigenvalue weighted by atomic mass is 9.99. The molecule has 0 N–H and O–H groups in total. The predicted octanol–water partition coefficient (Wildman–Crippen LogP) is 7.71. The van der Waals surface area contributed by atoms with Crippen molar-refractivity contribution >= 4 is 29.2 Å². The highest BCUT2D eigenvalue weighted by Gasteiger charge is 2.35. The highest BCUT2D eigenvalue weighted by Crippen LogP contribution is 2.29. The second-order valence-electron chi connectivity index (χ2n) is 9.77. The highest BCUT2D eigenvalue weighted by atomic mass is 32.2. The third-order valence-electron chi connectivity index (χ3n) is 6.81. The van der Waals surface area contributed by atoms with Crippen molar-refractivity contribution in [2.45, 2.75) is 62.8 Å². The predicted molar refractivity (Wildman–Crippen MR) is 161 cm³/mol. The van der Waals surface area contributed by atoms with Crippen molar-refractivity contribution in [3.63, 3.8) is 0 Å². The zero-order valence-electron chi connectivity index (χ0n) is 23.6. The van der Waals surface area contributed by atoms with Crippen LogP contribution in [0.2, 0.25) is 0 Å². The largest absolute Gasteiger partial charge is 0.354 e. The molecule has 0 heterocycles. The number of nitrogens with zero attached hydrogens (tertiary/aromatic N) is 2. The second kappa shape index (κ2) is 14.1. The molecule has 3 aromatic carbocycles. The first-order valence-corrected chi connectivity index (χ1v) is 14.2. The quantitative estimate of drug-likeness (QED) is 0.0728. The van der Waals surface area contributed by atoms with Gasteiger partial charge in [-0.15, -0.1) is 6.58 Å². The fourth-order valence-electron chi connectivity index (χ4n) is 4.34. The lowest BCUT2D eigenvalue weighted by Gasteiger charge is -2.33. The first kappa shape index (κ1) is 30.1. The van der Waals surface area contributed by atoms with Gasteiger partial charge in [0.05, 0.1) is 5.71 Å². The van der Waals surface area contributed by atoms with E-state index in [1.807, 2.05) is 118 Å². The summed E-state index contributed by atoms with van der Waals surface area (Å²) in [6.07, 6.45) is 3.17. The fraction of sp³-hybridized carbons (Fsp3) is 0.303. The highest BCUT2D eigenvalue weighted by molar-refractivity contribution is 7.99. The molecule has 0 aliphatic heterocycles. The molecule has 39 heavy (non-hydrogen) atoms. The Balaban J connectivity index is 1.71. The third kappa shape index (κ3) is 7.78. The lowest BCUT2D eigenvalue weighted by molar-refractivity contribution is -0.156. The molecule has 5 nitrogen and oxygen atoms in total. The third-order valence-corrected chi connectivity index (χ3v) is 7.82. The molecule has 0 saturated carbocycles. The van der Waals surface area contributed by atoms with Crippen molar-refractivity contribution in [1.82, 2.24) is 4.90 Å². The molecular formula is C33H38N2O3S. The van der Waals surface area contributed by atoms with E-state index in [0.717, 1.165) is 46.0 Å². The van der Waals surface area contributed by atoms with Gasteiger partial charge < -0.3 is 4.84 Å². The molecule has 0 unspecified atom stereocenters. The van der Waals surface area contributed by atoms with Gasteiger partial charge in [0.15, 0.2) is 5.78 Å². The molecule has 0 fully saturated rings. The van der Waals surface area contributed by atoms with Crippen molar-refractivity contribution < 1.29 is 14.4 Å². The number of carbonyl (C=O) groups is 2. The van der Waals surface area contributed by atoms with Crippen LogP contribution in [0.25, 0.3) is 0 Å². The summed E-state index contributed by atoms with van der Waals surface area (Å²) in [4.78, 5) is 35.3. The SMILES string of the molecule is C=CCCC(=NOC(=O)C(C)(C)N(CC)CC)c1ccc(Sc2ccc(C(=O)c3ccccc3C)cc2)cc1. The Hall–Kier alpha value is -3.48. The summed E-state index contributed by atoms with van der Waals surface area (Å²) >= 11 is 1.62. The summed E-state index contributed by atoms with van der Waals surface area (Å²) in [5, 5.41) is 4.27. The molecule has 0 aliphatic carbocycles. The minimum atomic E-state index is -0.767. The van der Waals surface area contributed by atoms with Crippen LogP contribution in [0, 0.1) is 6.92 Å². The molecular weight excluding hydrogens is 504 g/mol. The van der Waals surface area contributed by atoms with Crippen LogP contribution in [0.1, 0.15) is 67.6 Å².